The van der Waals surface area contributed by atoms with Crippen molar-refractivity contribution >= 4 is 22.9 Å². The van der Waals surface area contributed by atoms with E-state index in [2.05, 4.69) is 52.5 Å². The summed E-state index contributed by atoms with van der Waals surface area (Å²) in [6.45, 7) is 5.40. The maximum absolute atomic E-state index is 12.8. The van der Waals surface area contributed by atoms with Crippen LogP contribution in [0.25, 0.3) is 11.3 Å². The second-order valence-electron chi connectivity index (χ2n) is 8.16. The molecule has 4 rings (SSSR count). The van der Waals surface area contributed by atoms with Crippen LogP contribution >= 0.6 is 11.3 Å². The Balaban J connectivity index is 1.24. The molecule has 0 radical (unpaired) electrons. The summed E-state index contributed by atoms with van der Waals surface area (Å²) in [7, 11) is 0. The summed E-state index contributed by atoms with van der Waals surface area (Å²) < 4.78 is 0. The molecule has 1 unspecified atom stereocenters. The monoisotopic (exact) mass is 419 g/mol. The second-order valence-corrected chi connectivity index (χ2v) is 8.88. The Morgan fingerprint density at radius 2 is 1.97 bits per heavy atom. The lowest BCUT2D eigenvalue weighted by molar-refractivity contribution is -0.121. The largest absolute Gasteiger partial charge is 0.326 e. The zero-order valence-electron chi connectivity index (χ0n) is 17.5. The summed E-state index contributed by atoms with van der Waals surface area (Å²) in [5.41, 5.74) is 6.08. The number of rotatable bonds is 7. The number of hydrogen-bond acceptors (Lipinski definition) is 4. The van der Waals surface area contributed by atoms with Crippen LogP contribution in [0.15, 0.2) is 65.5 Å². The van der Waals surface area contributed by atoms with Crippen molar-refractivity contribution in [2.24, 2.45) is 5.92 Å². The van der Waals surface area contributed by atoms with Gasteiger partial charge in [0, 0.05) is 22.5 Å². The Bertz CT molecular complexity index is 934. The molecule has 1 saturated heterocycles. The predicted molar refractivity (Wildman–Crippen MR) is 125 cm³/mol. The van der Waals surface area contributed by atoms with E-state index in [0.717, 1.165) is 55.8 Å². The number of carbonyl (C=O) groups is 1. The van der Waals surface area contributed by atoms with Crippen LogP contribution in [0.2, 0.25) is 0 Å². The Labute approximate surface area is 183 Å². The van der Waals surface area contributed by atoms with Gasteiger partial charge in [-0.15, -0.1) is 11.3 Å². The summed E-state index contributed by atoms with van der Waals surface area (Å²) in [6.07, 6.45) is 3.01. The molecule has 1 atom stereocenters. The lowest BCUT2D eigenvalue weighted by atomic mass is 9.94. The van der Waals surface area contributed by atoms with Gasteiger partial charge in [0.1, 0.15) is 0 Å². The number of nitrogens with zero attached hydrogens (tertiary/aromatic N) is 2. The van der Waals surface area contributed by atoms with E-state index in [0.29, 0.717) is 5.92 Å². The molecule has 156 valence electrons. The number of likely N-dealkylation sites (tertiary alicyclic amines) is 1. The van der Waals surface area contributed by atoms with Gasteiger partial charge in [0.25, 0.3) is 0 Å². The van der Waals surface area contributed by atoms with E-state index in [-0.39, 0.29) is 11.8 Å². The fourth-order valence-corrected chi connectivity index (χ4v) is 4.66. The fourth-order valence-electron chi connectivity index (χ4n) is 4.10. The summed E-state index contributed by atoms with van der Waals surface area (Å²) in [5.74, 6) is 0.802. The fraction of sp³-hybridized carbons (Fsp3) is 0.360. The smallest absolute Gasteiger partial charge is 0.227 e. The minimum absolute atomic E-state index is 0.0933. The van der Waals surface area contributed by atoms with Gasteiger partial charge in [-0.1, -0.05) is 49.4 Å². The van der Waals surface area contributed by atoms with Crippen LogP contribution in [0.4, 0.5) is 5.69 Å². The van der Waals surface area contributed by atoms with Crippen LogP contribution < -0.4 is 5.32 Å². The number of nitrogens with one attached hydrogen (secondary N) is 1. The van der Waals surface area contributed by atoms with Gasteiger partial charge in [0.15, 0.2) is 0 Å². The van der Waals surface area contributed by atoms with Crippen LogP contribution in [-0.4, -0.2) is 35.4 Å². The molecule has 1 fully saturated rings. The van der Waals surface area contributed by atoms with E-state index in [9.17, 15) is 4.79 Å². The van der Waals surface area contributed by atoms with Gasteiger partial charge in [-0.25, -0.2) is 4.98 Å². The van der Waals surface area contributed by atoms with Gasteiger partial charge < -0.3 is 10.2 Å². The van der Waals surface area contributed by atoms with Crippen LogP contribution in [0, 0.1) is 5.92 Å². The molecule has 0 aliphatic carbocycles. The Kier molecular flexibility index (Phi) is 6.92. The van der Waals surface area contributed by atoms with Crippen molar-refractivity contribution in [1.29, 1.82) is 0 Å². The third kappa shape index (κ3) is 5.35. The highest BCUT2D eigenvalue weighted by molar-refractivity contribution is 7.07. The second kappa shape index (κ2) is 10.0. The molecule has 1 N–H and O–H groups in total. The maximum atomic E-state index is 12.8. The summed E-state index contributed by atoms with van der Waals surface area (Å²) in [6, 6.07) is 18.7. The van der Waals surface area contributed by atoms with E-state index in [1.54, 1.807) is 11.3 Å². The van der Waals surface area contributed by atoms with Gasteiger partial charge >= 0.3 is 0 Å². The molecule has 0 bridgehead atoms. The molecule has 5 heteroatoms. The number of piperidine rings is 1. The van der Waals surface area contributed by atoms with Gasteiger partial charge in [0.05, 0.1) is 11.2 Å². The molecule has 0 saturated carbocycles. The molecular weight excluding hydrogens is 390 g/mol. The first-order valence-corrected chi connectivity index (χ1v) is 11.7. The molecule has 1 aromatic heterocycles. The molecular formula is C25H29N3OS. The number of anilines is 1. The average Bonchev–Trinajstić information content (AvgIpc) is 3.34. The van der Waals surface area contributed by atoms with Gasteiger partial charge in [0.2, 0.25) is 5.91 Å². The van der Waals surface area contributed by atoms with Crippen molar-refractivity contribution < 1.29 is 4.79 Å². The van der Waals surface area contributed by atoms with Crippen molar-refractivity contribution in [3.63, 3.8) is 0 Å². The number of hydrogen-bond donors (Lipinski definition) is 1. The van der Waals surface area contributed by atoms with Crippen molar-refractivity contribution in [2.45, 2.75) is 32.1 Å². The zero-order chi connectivity index (χ0) is 20.8. The van der Waals surface area contributed by atoms with E-state index in [1.165, 1.54) is 5.56 Å². The van der Waals surface area contributed by atoms with Crippen LogP contribution in [0.3, 0.4) is 0 Å². The van der Waals surface area contributed by atoms with Gasteiger partial charge in [-0.2, -0.15) is 0 Å². The molecule has 4 nitrogen and oxygen atoms in total. The Hall–Kier alpha value is -2.50. The number of benzene rings is 2. The standard InChI is InChI=1S/C25H29N3OS/c1-19(20-6-3-2-4-7-20)10-13-28-14-11-21(12-15-28)25(29)27-23-9-5-8-22(16-23)24-17-30-18-26-24/h2-9,16-19,21H,10-15H2,1H3,(H,27,29). The lowest BCUT2D eigenvalue weighted by Gasteiger charge is -2.32. The van der Waals surface area contributed by atoms with Crippen LogP contribution in [0.1, 0.15) is 37.7 Å². The number of aromatic nitrogens is 1. The molecule has 30 heavy (non-hydrogen) atoms. The number of thiazole rings is 1. The van der Waals surface area contributed by atoms with E-state index in [1.807, 2.05) is 35.2 Å². The van der Waals surface area contributed by atoms with Crippen molar-refractivity contribution in [1.82, 2.24) is 9.88 Å². The van der Waals surface area contributed by atoms with Gasteiger partial charge in [-0.05, 0) is 62.5 Å². The Morgan fingerprint density at radius 3 is 2.70 bits per heavy atom. The highest BCUT2D eigenvalue weighted by Gasteiger charge is 2.25. The van der Waals surface area contributed by atoms with E-state index >= 15 is 0 Å². The van der Waals surface area contributed by atoms with E-state index < -0.39 is 0 Å². The van der Waals surface area contributed by atoms with Gasteiger partial charge in [-0.3, -0.25) is 4.79 Å². The van der Waals surface area contributed by atoms with E-state index in [4.69, 9.17) is 0 Å². The minimum Gasteiger partial charge on any atom is -0.326 e. The minimum atomic E-state index is 0.0933. The quantitative estimate of drug-likeness (QED) is 0.538. The topological polar surface area (TPSA) is 45.2 Å². The normalized spacial score (nSPS) is 16.3. The zero-order valence-corrected chi connectivity index (χ0v) is 18.3. The molecule has 3 aromatic rings. The first-order chi connectivity index (χ1) is 14.7. The average molecular weight is 420 g/mol. The lowest BCUT2D eigenvalue weighted by Crippen LogP contribution is -2.38. The first kappa shape index (κ1) is 20.8. The predicted octanol–water partition coefficient (Wildman–Crippen LogP) is 5.65. The molecule has 1 aliphatic rings. The highest BCUT2D eigenvalue weighted by atomic mass is 32.1. The number of amides is 1. The van der Waals surface area contributed by atoms with Crippen molar-refractivity contribution in [2.75, 3.05) is 25.0 Å². The van der Waals surface area contributed by atoms with Crippen molar-refractivity contribution in [3.8, 4) is 11.3 Å². The Morgan fingerprint density at radius 1 is 1.17 bits per heavy atom. The highest BCUT2D eigenvalue weighted by Crippen LogP contribution is 2.25. The number of carbonyl (C=O) groups excluding carboxylic acids is 1. The third-order valence-electron chi connectivity index (χ3n) is 6.06. The molecule has 2 aromatic carbocycles. The molecule has 2 heterocycles. The maximum Gasteiger partial charge on any atom is 0.227 e. The first-order valence-electron chi connectivity index (χ1n) is 10.8. The van der Waals surface area contributed by atoms with Crippen molar-refractivity contribution in [3.05, 3.63) is 71.1 Å². The van der Waals surface area contributed by atoms with Crippen LogP contribution in [0.5, 0.6) is 0 Å². The molecule has 1 amide bonds. The SMILES string of the molecule is CC(CCN1CCC(C(=O)Nc2cccc(-c3cscn3)c2)CC1)c1ccccc1. The molecule has 1 aliphatic heterocycles. The van der Waals surface area contributed by atoms with Crippen LogP contribution in [-0.2, 0) is 4.79 Å². The summed E-state index contributed by atoms with van der Waals surface area (Å²) >= 11 is 1.58. The molecule has 0 spiro atoms. The summed E-state index contributed by atoms with van der Waals surface area (Å²) in [4.78, 5) is 19.6. The summed E-state index contributed by atoms with van der Waals surface area (Å²) in [5, 5.41) is 5.14. The third-order valence-corrected chi connectivity index (χ3v) is 6.65.